The van der Waals surface area contributed by atoms with Gasteiger partial charge in [0.15, 0.2) is 0 Å². The predicted molar refractivity (Wildman–Crippen MR) is 80.2 cm³/mol. The van der Waals surface area contributed by atoms with Crippen molar-refractivity contribution in [3.8, 4) is 11.1 Å². The summed E-state index contributed by atoms with van der Waals surface area (Å²) in [6.07, 6.45) is 3.53. The number of rotatable bonds is 2. The largest absolute Gasteiger partial charge is 0.397 e. The summed E-state index contributed by atoms with van der Waals surface area (Å²) in [6, 6.07) is 6.37. The summed E-state index contributed by atoms with van der Waals surface area (Å²) < 4.78 is 40.8. The van der Waals surface area contributed by atoms with Gasteiger partial charge in [-0.1, -0.05) is 18.2 Å². The molecule has 1 aromatic carbocycles. The second-order valence-electron chi connectivity index (χ2n) is 5.80. The molecule has 0 unspecified atom stereocenters. The van der Waals surface area contributed by atoms with Gasteiger partial charge in [-0.25, -0.2) is 13.2 Å². The molecule has 1 aromatic heterocycles. The van der Waals surface area contributed by atoms with Gasteiger partial charge in [0, 0.05) is 30.2 Å². The smallest absolute Gasteiger partial charge is 0.248 e. The molecule has 3 rings (SSSR count). The first-order valence-electron chi connectivity index (χ1n) is 7.34. The van der Waals surface area contributed by atoms with E-state index in [9.17, 15) is 13.2 Å². The van der Waals surface area contributed by atoms with Gasteiger partial charge in [0.1, 0.15) is 5.82 Å². The minimum Gasteiger partial charge on any atom is -0.397 e. The number of hydrogen-bond acceptors (Lipinski definition) is 2. The summed E-state index contributed by atoms with van der Waals surface area (Å²) in [4.78, 5) is 4.08. The van der Waals surface area contributed by atoms with Crippen LogP contribution in [-0.2, 0) is 0 Å². The molecule has 116 valence electrons. The van der Waals surface area contributed by atoms with Crippen LogP contribution in [0.5, 0.6) is 0 Å². The number of anilines is 1. The Kier molecular flexibility index (Phi) is 3.81. The average Bonchev–Trinajstić information content (AvgIpc) is 2.48. The highest BCUT2D eigenvalue weighted by Gasteiger charge is 2.36. The summed E-state index contributed by atoms with van der Waals surface area (Å²) >= 11 is 0. The molecular weight excluding hydrogens is 289 g/mol. The summed E-state index contributed by atoms with van der Waals surface area (Å²) in [6.45, 7) is 0. The van der Waals surface area contributed by atoms with Crippen molar-refractivity contribution in [2.24, 2.45) is 0 Å². The number of hydrogen-bond donors (Lipinski definition) is 1. The predicted octanol–water partition coefficient (Wildman–Crippen LogP) is 4.76. The lowest BCUT2D eigenvalue weighted by Gasteiger charge is -2.29. The van der Waals surface area contributed by atoms with Crippen molar-refractivity contribution in [1.82, 2.24) is 4.98 Å². The number of nitrogens with zero attached hydrogens (tertiary/aromatic N) is 1. The third kappa shape index (κ3) is 2.80. The molecule has 0 amide bonds. The molecular formula is C17H17F3N2. The van der Waals surface area contributed by atoms with E-state index in [0.29, 0.717) is 29.7 Å². The molecule has 0 saturated heterocycles. The molecule has 22 heavy (non-hydrogen) atoms. The van der Waals surface area contributed by atoms with Crippen LogP contribution in [0.15, 0.2) is 36.7 Å². The van der Waals surface area contributed by atoms with Gasteiger partial charge >= 0.3 is 0 Å². The second-order valence-corrected chi connectivity index (χ2v) is 5.80. The van der Waals surface area contributed by atoms with Gasteiger partial charge in [-0.2, -0.15) is 0 Å². The van der Waals surface area contributed by atoms with Crippen LogP contribution >= 0.6 is 0 Å². The van der Waals surface area contributed by atoms with Crippen molar-refractivity contribution >= 4 is 5.69 Å². The molecule has 0 aliphatic heterocycles. The van der Waals surface area contributed by atoms with Crippen LogP contribution in [0.3, 0.4) is 0 Å². The van der Waals surface area contributed by atoms with E-state index in [1.54, 1.807) is 24.4 Å². The quantitative estimate of drug-likeness (QED) is 0.868. The summed E-state index contributed by atoms with van der Waals surface area (Å²) in [5.74, 6) is -3.03. The maximum atomic E-state index is 14.1. The molecule has 1 saturated carbocycles. The van der Waals surface area contributed by atoms with E-state index in [1.807, 2.05) is 0 Å². The molecule has 1 aliphatic rings. The van der Waals surface area contributed by atoms with Gasteiger partial charge in [-0.15, -0.1) is 0 Å². The lowest BCUT2D eigenvalue weighted by molar-refractivity contribution is -0.0382. The van der Waals surface area contributed by atoms with Gasteiger partial charge in [0.05, 0.1) is 11.9 Å². The summed E-state index contributed by atoms with van der Waals surface area (Å²) in [7, 11) is 0. The molecule has 0 bridgehead atoms. The lowest BCUT2D eigenvalue weighted by atomic mass is 9.80. The van der Waals surface area contributed by atoms with E-state index in [1.165, 1.54) is 12.3 Å². The average molecular weight is 306 g/mol. The minimum absolute atomic E-state index is 0.0646. The molecule has 5 heteroatoms. The Morgan fingerprint density at radius 3 is 2.45 bits per heavy atom. The van der Waals surface area contributed by atoms with E-state index in [0.717, 1.165) is 5.56 Å². The Labute approximate surface area is 127 Å². The summed E-state index contributed by atoms with van der Waals surface area (Å²) in [5, 5.41) is 0. The van der Waals surface area contributed by atoms with Crippen LogP contribution in [0.1, 0.15) is 37.2 Å². The van der Waals surface area contributed by atoms with E-state index in [2.05, 4.69) is 4.98 Å². The first-order valence-corrected chi connectivity index (χ1v) is 7.34. The molecule has 1 fully saturated rings. The molecule has 2 aromatic rings. The fourth-order valence-electron chi connectivity index (χ4n) is 3.13. The maximum absolute atomic E-state index is 14.1. The highest BCUT2D eigenvalue weighted by molar-refractivity contribution is 5.79. The lowest BCUT2D eigenvalue weighted by Crippen LogP contribution is -2.24. The number of nitrogen functional groups attached to an aromatic ring is 1. The zero-order valence-electron chi connectivity index (χ0n) is 12.0. The number of nitrogens with two attached hydrogens (primary N) is 1. The highest BCUT2D eigenvalue weighted by Crippen LogP contribution is 2.44. The maximum Gasteiger partial charge on any atom is 0.248 e. The fourth-order valence-corrected chi connectivity index (χ4v) is 3.13. The Bertz CT molecular complexity index is 675. The van der Waals surface area contributed by atoms with Crippen LogP contribution in [0.25, 0.3) is 11.1 Å². The monoisotopic (exact) mass is 306 g/mol. The summed E-state index contributed by atoms with van der Waals surface area (Å²) in [5.41, 5.74) is 8.13. The Morgan fingerprint density at radius 1 is 1.09 bits per heavy atom. The number of halogens is 3. The van der Waals surface area contributed by atoms with Crippen LogP contribution in [0, 0.1) is 5.82 Å². The normalized spacial score (nSPS) is 18.3. The minimum atomic E-state index is -2.59. The molecule has 0 radical (unpaired) electrons. The first-order chi connectivity index (χ1) is 10.5. The topological polar surface area (TPSA) is 38.9 Å². The first kappa shape index (κ1) is 14.9. The molecule has 1 aliphatic carbocycles. The Hall–Kier alpha value is -2.04. The third-order valence-electron chi connectivity index (χ3n) is 4.30. The number of benzene rings is 1. The van der Waals surface area contributed by atoms with E-state index < -0.39 is 5.92 Å². The third-order valence-corrected chi connectivity index (χ3v) is 4.30. The molecule has 2 nitrogen and oxygen atoms in total. The molecule has 0 atom stereocenters. The van der Waals surface area contributed by atoms with Crippen LogP contribution < -0.4 is 5.73 Å². The number of alkyl halides is 2. The number of aromatic nitrogens is 1. The zero-order valence-corrected chi connectivity index (χ0v) is 12.0. The molecule has 1 heterocycles. The highest BCUT2D eigenvalue weighted by atomic mass is 19.3. The zero-order chi connectivity index (χ0) is 15.7. The van der Waals surface area contributed by atoms with Crippen LogP contribution in [0.2, 0.25) is 0 Å². The van der Waals surface area contributed by atoms with Crippen molar-refractivity contribution in [3.05, 3.63) is 48.0 Å². The molecule has 0 spiro atoms. The molecule has 2 N–H and O–H groups in total. The fraction of sp³-hybridized carbons (Fsp3) is 0.353. The number of pyridine rings is 1. The van der Waals surface area contributed by atoms with Crippen molar-refractivity contribution in [1.29, 1.82) is 0 Å². The van der Waals surface area contributed by atoms with E-state index in [-0.39, 0.29) is 24.6 Å². The van der Waals surface area contributed by atoms with Crippen LogP contribution in [0.4, 0.5) is 18.9 Å². The van der Waals surface area contributed by atoms with Crippen molar-refractivity contribution in [3.63, 3.8) is 0 Å². The van der Waals surface area contributed by atoms with Gasteiger partial charge in [0.2, 0.25) is 5.92 Å². The van der Waals surface area contributed by atoms with E-state index in [4.69, 9.17) is 5.73 Å². The van der Waals surface area contributed by atoms with Gasteiger partial charge < -0.3 is 5.73 Å². The van der Waals surface area contributed by atoms with Crippen molar-refractivity contribution in [2.75, 3.05) is 5.73 Å². The van der Waals surface area contributed by atoms with Gasteiger partial charge in [-0.3, -0.25) is 4.98 Å². The second kappa shape index (κ2) is 5.63. The SMILES string of the molecule is Nc1cncc(C2CCC(F)(F)CC2)c1-c1ccccc1F. The van der Waals surface area contributed by atoms with Crippen LogP contribution in [-0.4, -0.2) is 10.9 Å². The van der Waals surface area contributed by atoms with Gasteiger partial charge in [0.25, 0.3) is 0 Å². The van der Waals surface area contributed by atoms with Crippen molar-refractivity contribution in [2.45, 2.75) is 37.5 Å². The van der Waals surface area contributed by atoms with E-state index >= 15 is 0 Å². The Balaban J connectivity index is 2.03. The van der Waals surface area contributed by atoms with Gasteiger partial charge in [-0.05, 0) is 30.4 Å². The van der Waals surface area contributed by atoms with Crippen molar-refractivity contribution < 1.29 is 13.2 Å². The standard InChI is InChI=1S/C17H17F3N2/c18-14-4-2-1-3-12(14)16-13(9-22-10-15(16)21)11-5-7-17(19,20)8-6-11/h1-4,9-11H,5-8,21H2. The Morgan fingerprint density at radius 2 is 1.77 bits per heavy atom.